The van der Waals surface area contributed by atoms with Crippen molar-refractivity contribution in [2.45, 2.75) is 13.1 Å². The van der Waals surface area contributed by atoms with Gasteiger partial charge in [0.15, 0.2) is 0 Å². The van der Waals surface area contributed by atoms with E-state index in [0.717, 1.165) is 10.9 Å². The molecule has 94 valence electrons. The molecular formula is C15H17O2P. The van der Waals surface area contributed by atoms with Gasteiger partial charge in [-0.05, 0) is 24.6 Å². The Balaban J connectivity index is 2.31. The van der Waals surface area contributed by atoms with Crippen LogP contribution in [0.5, 0.6) is 0 Å². The molecule has 2 nitrogen and oxygen atoms in total. The first-order valence-electron chi connectivity index (χ1n) is 6.08. The first kappa shape index (κ1) is 13.1. The van der Waals surface area contributed by atoms with E-state index in [4.69, 9.17) is 4.52 Å². The highest BCUT2D eigenvalue weighted by Gasteiger charge is 2.25. The first-order valence-corrected chi connectivity index (χ1v) is 7.89. The Morgan fingerprint density at radius 2 is 1.50 bits per heavy atom. The van der Waals surface area contributed by atoms with Gasteiger partial charge in [0.05, 0.1) is 12.8 Å². The molecule has 0 aliphatic heterocycles. The van der Waals surface area contributed by atoms with Gasteiger partial charge in [0.1, 0.15) is 0 Å². The Kier molecular flexibility index (Phi) is 4.35. The molecule has 0 heterocycles. The SMILES string of the molecule is CCO[P@@](=O)(Cc1ccccc1)c1ccccc1. The van der Waals surface area contributed by atoms with Crippen molar-refractivity contribution in [1.82, 2.24) is 0 Å². The van der Waals surface area contributed by atoms with Crippen LogP contribution >= 0.6 is 7.37 Å². The van der Waals surface area contributed by atoms with E-state index in [1.807, 2.05) is 67.6 Å². The quantitative estimate of drug-likeness (QED) is 0.764. The van der Waals surface area contributed by atoms with Crippen LogP contribution in [-0.2, 0) is 15.3 Å². The van der Waals surface area contributed by atoms with E-state index >= 15 is 0 Å². The minimum Gasteiger partial charge on any atom is -0.325 e. The van der Waals surface area contributed by atoms with Crippen LogP contribution in [0, 0.1) is 0 Å². The Labute approximate surface area is 108 Å². The fraction of sp³-hybridized carbons (Fsp3) is 0.200. The molecule has 2 aromatic rings. The van der Waals surface area contributed by atoms with Crippen LogP contribution in [0.15, 0.2) is 60.7 Å². The Morgan fingerprint density at radius 3 is 2.06 bits per heavy atom. The number of rotatable bonds is 5. The van der Waals surface area contributed by atoms with E-state index in [-0.39, 0.29) is 0 Å². The maximum absolute atomic E-state index is 13.0. The predicted octanol–water partition coefficient (Wildman–Crippen LogP) is 3.83. The van der Waals surface area contributed by atoms with Crippen molar-refractivity contribution in [2.75, 3.05) is 6.61 Å². The third-order valence-electron chi connectivity index (χ3n) is 2.72. The zero-order valence-corrected chi connectivity index (χ0v) is 11.3. The summed E-state index contributed by atoms with van der Waals surface area (Å²) < 4.78 is 18.5. The normalized spacial score (nSPS) is 14.1. The van der Waals surface area contributed by atoms with Gasteiger partial charge in [-0.2, -0.15) is 0 Å². The smallest absolute Gasteiger partial charge is 0.236 e. The molecule has 0 radical (unpaired) electrons. The van der Waals surface area contributed by atoms with Gasteiger partial charge < -0.3 is 4.52 Å². The van der Waals surface area contributed by atoms with Crippen molar-refractivity contribution < 1.29 is 9.09 Å². The highest BCUT2D eigenvalue weighted by atomic mass is 31.2. The minimum atomic E-state index is -2.79. The Hall–Kier alpha value is -1.37. The van der Waals surface area contributed by atoms with Crippen LogP contribution in [0.1, 0.15) is 12.5 Å². The molecule has 0 aliphatic carbocycles. The molecule has 0 saturated heterocycles. The van der Waals surface area contributed by atoms with Gasteiger partial charge in [0.2, 0.25) is 7.37 Å². The third kappa shape index (κ3) is 3.10. The minimum absolute atomic E-state index is 0.450. The third-order valence-corrected chi connectivity index (χ3v) is 5.26. The monoisotopic (exact) mass is 260 g/mol. The van der Waals surface area contributed by atoms with E-state index in [1.54, 1.807) is 0 Å². The number of hydrogen-bond donors (Lipinski definition) is 0. The fourth-order valence-corrected chi connectivity index (χ4v) is 4.06. The van der Waals surface area contributed by atoms with Crippen LogP contribution in [0.25, 0.3) is 0 Å². The standard InChI is InChI=1S/C15H17O2P/c1-2-17-18(16,15-11-7-4-8-12-15)13-14-9-5-3-6-10-14/h3-12H,2,13H2,1H3/t18-/m0/s1. The zero-order valence-electron chi connectivity index (χ0n) is 10.5. The van der Waals surface area contributed by atoms with Crippen LogP contribution in [0.3, 0.4) is 0 Å². The summed E-state index contributed by atoms with van der Waals surface area (Å²) in [5.74, 6) is 0. The van der Waals surface area contributed by atoms with Gasteiger partial charge >= 0.3 is 0 Å². The highest BCUT2D eigenvalue weighted by Crippen LogP contribution is 2.48. The van der Waals surface area contributed by atoms with Crippen LogP contribution in [0.2, 0.25) is 0 Å². The van der Waals surface area contributed by atoms with Gasteiger partial charge in [-0.25, -0.2) is 0 Å². The Morgan fingerprint density at radius 1 is 0.944 bits per heavy atom. The average Bonchev–Trinajstić information content (AvgIpc) is 2.41. The Bertz CT molecular complexity index is 523. The van der Waals surface area contributed by atoms with Gasteiger partial charge in [-0.1, -0.05) is 48.5 Å². The van der Waals surface area contributed by atoms with Gasteiger partial charge in [-0.15, -0.1) is 0 Å². The van der Waals surface area contributed by atoms with Gasteiger partial charge in [0.25, 0.3) is 0 Å². The van der Waals surface area contributed by atoms with Gasteiger partial charge in [0, 0.05) is 5.30 Å². The molecule has 0 amide bonds. The largest absolute Gasteiger partial charge is 0.325 e. The lowest BCUT2D eigenvalue weighted by Gasteiger charge is -2.18. The summed E-state index contributed by atoms with van der Waals surface area (Å²) in [6, 6.07) is 19.3. The lowest BCUT2D eigenvalue weighted by Crippen LogP contribution is -2.09. The maximum atomic E-state index is 13.0. The highest BCUT2D eigenvalue weighted by molar-refractivity contribution is 7.66. The summed E-state index contributed by atoms with van der Waals surface area (Å²) >= 11 is 0. The molecule has 0 bridgehead atoms. The molecule has 0 fully saturated rings. The molecule has 2 rings (SSSR count). The lowest BCUT2D eigenvalue weighted by atomic mass is 10.2. The predicted molar refractivity (Wildman–Crippen MR) is 75.5 cm³/mol. The maximum Gasteiger partial charge on any atom is 0.236 e. The summed E-state index contributed by atoms with van der Waals surface area (Å²) in [5.41, 5.74) is 1.04. The van der Waals surface area contributed by atoms with E-state index < -0.39 is 7.37 Å². The van der Waals surface area contributed by atoms with Crippen LogP contribution < -0.4 is 5.30 Å². The topological polar surface area (TPSA) is 26.3 Å². The van der Waals surface area contributed by atoms with Crippen molar-refractivity contribution in [3.05, 3.63) is 66.2 Å². The fourth-order valence-electron chi connectivity index (χ4n) is 1.90. The van der Waals surface area contributed by atoms with Crippen molar-refractivity contribution in [1.29, 1.82) is 0 Å². The molecule has 3 heteroatoms. The molecule has 0 aromatic heterocycles. The number of benzene rings is 2. The van der Waals surface area contributed by atoms with Crippen LogP contribution in [-0.4, -0.2) is 6.61 Å². The van der Waals surface area contributed by atoms with Crippen molar-refractivity contribution in [3.8, 4) is 0 Å². The van der Waals surface area contributed by atoms with Crippen LogP contribution in [0.4, 0.5) is 0 Å². The second-order valence-electron chi connectivity index (χ2n) is 4.07. The summed E-state index contributed by atoms with van der Waals surface area (Å²) in [7, 11) is -2.79. The van der Waals surface area contributed by atoms with E-state index in [9.17, 15) is 4.57 Å². The van der Waals surface area contributed by atoms with Gasteiger partial charge in [-0.3, -0.25) is 4.57 Å². The molecule has 0 unspecified atom stereocenters. The van der Waals surface area contributed by atoms with E-state index in [2.05, 4.69) is 0 Å². The molecule has 0 aliphatic rings. The van der Waals surface area contributed by atoms with E-state index in [1.165, 1.54) is 0 Å². The lowest BCUT2D eigenvalue weighted by molar-refractivity contribution is 0.340. The van der Waals surface area contributed by atoms with Crippen molar-refractivity contribution in [3.63, 3.8) is 0 Å². The second-order valence-corrected chi connectivity index (χ2v) is 6.51. The zero-order chi connectivity index (χ0) is 12.8. The molecule has 0 spiro atoms. The first-order chi connectivity index (χ1) is 8.74. The van der Waals surface area contributed by atoms with Crippen molar-refractivity contribution in [2.24, 2.45) is 0 Å². The summed E-state index contributed by atoms with van der Waals surface area (Å²) in [6.45, 7) is 2.33. The molecular weight excluding hydrogens is 243 g/mol. The summed E-state index contributed by atoms with van der Waals surface area (Å²) in [5, 5.41) is 0.788. The molecule has 0 saturated carbocycles. The summed E-state index contributed by atoms with van der Waals surface area (Å²) in [4.78, 5) is 0. The molecule has 0 N–H and O–H groups in total. The van der Waals surface area contributed by atoms with E-state index in [0.29, 0.717) is 12.8 Å². The molecule has 1 atom stereocenters. The molecule has 18 heavy (non-hydrogen) atoms. The van der Waals surface area contributed by atoms with Crippen molar-refractivity contribution >= 4 is 12.7 Å². The second kappa shape index (κ2) is 5.99. The average molecular weight is 260 g/mol. The number of hydrogen-bond acceptors (Lipinski definition) is 2. The summed E-state index contributed by atoms with van der Waals surface area (Å²) in [6.07, 6.45) is 0.450. The molecule has 2 aromatic carbocycles.